The molecule has 4 amide bonds. The minimum atomic E-state index is -1.37. The molecule has 0 radical (unpaired) electrons. The number of alkyl carbamates (subject to hydrolysis) is 1. The number of nitrogens with one attached hydrogen (secondary N) is 3. The molecule has 246 valence electrons. The van der Waals surface area contributed by atoms with Crippen molar-refractivity contribution in [1.82, 2.24) is 41.1 Å². The van der Waals surface area contributed by atoms with Gasteiger partial charge in [0.05, 0.1) is 13.2 Å². The summed E-state index contributed by atoms with van der Waals surface area (Å²) in [7, 11) is 1.56. The highest BCUT2D eigenvalue weighted by atomic mass is 16.6. The van der Waals surface area contributed by atoms with Crippen LogP contribution in [-0.2, 0) is 19.1 Å². The number of ether oxygens (including phenoxy) is 2. The lowest BCUT2D eigenvalue weighted by Gasteiger charge is -2.36. The molecular formula is C31H41N9O6. The Morgan fingerprint density at radius 2 is 1.83 bits per heavy atom. The van der Waals surface area contributed by atoms with Crippen LogP contribution in [-0.4, -0.2) is 85.8 Å². The fraction of sp³-hybridized carbons (Fsp3) is 0.548. The molecule has 2 heterocycles. The molecule has 1 aliphatic heterocycles. The largest absolute Gasteiger partial charge is 0.497 e. The number of carbonyl (C=O) groups excluding carboxylic acids is 4. The summed E-state index contributed by atoms with van der Waals surface area (Å²) in [5.74, 6) is -1.18. The molecule has 1 aromatic carbocycles. The van der Waals surface area contributed by atoms with Gasteiger partial charge in [-0.2, -0.15) is 10.1 Å². The summed E-state index contributed by atoms with van der Waals surface area (Å²) in [5, 5.41) is 29.6. The van der Waals surface area contributed by atoms with E-state index in [-0.39, 0.29) is 19.4 Å². The van der Waals surface area contributed by atoms with Gasteiger partial charge in [0.2, 0.25) is 17.6 Å². The van der Waals surface area contributed by atoms with Crippen molar-refractivity contribution in [2.75, 3.05) is 13.7 Å². The van der Waals surface area contributed by atoms with Crippen molar-refractivity contribution >= 4 is 23.8 Å². The normalized spacial score (nSPS) is 23.0. The number of nitriles is 1. The molecule has 0 spiro atoms. The molecule has 46 heavy (non-hydrogen) atoms. The number of benzene rings is 1. The smallest absolute Gasteiger partial charge is 0.408 e. The molecule has 4 rings (SSSR count). The van der Waals surface area contributed by atoms with Gasteiger partial charge < -0.3 is 25.0 Å². The lowest BCUT2D eigenvalue weighted by Crippen LogP contribution is -2.60. The number of hydrogen-bond donors (Lipinski definition) is 3. The highest BCUT2D eigenvalue weighted by Crippen LogP contribution is 2.45. The van der Waals surface area contributed by atoms with Crippen molar-refractivity contribution in [2.24, 2.45) is 11.3 Å². The van der Waals surface area contributed by atoms with E-state index in [4.69, 9.17) is 14.7 Å². The first-order valence-corrected chi connectivity index (χ1v) is 14.9. The van der Waals surface area contributed by atoms with Crippen LogP contribution in [0.15, 0.2) is 36.9 Å². The summed E-state index contributed by atoms with van der Waals surface area (Å²) in [6, 6.07) is 4.39. The molecule has 2 aliphatic rings. The van der Waals surface area contributed by atoms with Gasteiger partial charge in [0, 0.05) is 24.4 Å². The zero-order valence-electron chi connectivity index (χ0n) is 27.2. The molecule has 1 saturated heterocycles. The van der Waals surface area contributed by atoms with E-state index in [1.807, 2.05) is 0 Å². The highest BCUT2D eigenvalue weighted by molar-refractivity contribution is 5.99. The molecular weight excluding hydrogens is 594 g/mol. The van der Waals surface area contributed by atoms with Crippen LogP contribution in [0, 0.1) is 22.8 Å². The Bertz CT molecular complexity index is 1530. The maximum Gasteiger partial charge on any atom is 0.408 e. The minimum Gasteiger partial charge on any atom is -0.497 e. The predicted molar refractivity (Wildman–Crippen MR) is 165 cm³/mol. The van der Waals surface area contributed by atoms with Gasteiger partial charge in [0.25, 0.3) is 5.91 Å². The Morgan fingerprint density at radius 1 is 1.15 bits per heavy atom. The van der Waals surface area contributed by atoms with E-state index in [1.165, 1.54) is 15.8 Å². The molecule has 1 saturated carbocycles. The standard InChI is InChI=1S/C31H41N9O6/c1-9-19-15-31(19,27(43)33-17-32)35-25(41)22-14-20(40-37-24(36-38-40)18-10-12-21(45-8)13-11-18)16-39(22)26(42)23(29(2,3)4)34-28(44)46-30(5,6)7/h9-13,19-20,22-23H,1,14-16H2,2-8H3,(H,33,43)(H,34,44)(H,35,41)/t19?,20-,22+,23+,31-/m1/s1. The first-order valence-electron chi connectivity index (χ1n) is 14.9. The average molecular weight is 636 g/mol. The van der Waals surface area contributed by atoms with E-state index < -0.39 is 64.4 Å². The van der Waals surface area contributed by atoms with Gasteiger partial charge in [-0.1, -0.05) is 26.8 Å². The number of amides is 4. The summed E-state index contributed by atoms with van der Waals surface area (Å²) in [6.07, 6.45) is 2.71. The number of nitrogens with zero attached hydrogens (tertiary/aromatic N) is 6. The number of aromatic nitrogens is 4. The molecule has 15 nitrogen and oxygen atoms in total. The van der Waals surface area contributed by atoms with Gasteiger partial charge in [0.1, 0.15) is 29.0 Å². The third-order valence-electron chi connectivity index (χ3n) is 7.96. The minimum absolute atomic E-state index is 0.0141. The van der Waals surface area contributed by atoms with Crippen LogP contribution in [0.4, 0.5) is 4.79 Å². The van der Waals surface area contributed by atoms with Crippen LogP contribution in [0.25, 0.3) is 11.4 Å². The number of carbonyl (C=O) groups is 4. The number of tetrazole rings is 1. The Labute approximate surface area is 267 Å². The van der Waals surface area contributed by atoms with Crippen LogP contribution in [0.3, 0.4) is 0 Å². The topological polar surface area (TPSA) is 193 Å². The molecule has 2 fully saturated rings. The molecule has 15 heteroatoms. The lowest BCUT2D eigenvalue weighted by molar-refractivity contribution is -0.143. The van der Waals surface area contributed by atoms with Crippen LogP contribution in [0.5, 0.6) is 5.75 Å². The van der Waals surface area contributed by atoms with Crippen LogP contribution >= 0.6 is 0 Å². The third kappa shape index (κ3) is 7.27. The summed E-state index contributed by atoms with van der Waals surface area (Å²) < 4.78 is 10.6. The second kappa shape index (κ2) is 12.8. The quantitative estimate of drug-likeness (QED) is 0.209. The average Bonchev–Trinajstić information content (AvgIpc) is 3.29. The maximum atomic E-state index is 14.3. The number of hydrogen-bond acceptors (Lipinski definition) is 10. The summed E-state index contributed by atoms with van der Waals surface area (Å²) in [6.45, 7) is 14.2. The monoisotopic (exact) mass is 635 g/mol. The molecule has 0 bridgehead atoms. The predicted octanol–water partition coefficient (Wildman–Crippen LogP) is 2.09. The molecule has 1 aliphatic carbocycles. The Morgan fingerprint density at radius 3 is 2.37 bits per heavy atom. The molecule has 1 unspecified atom stereocenters. The van der Waals surface area contributed by atoms with Crippen LogP contribution in [0.1, 0.15) is 60.4 Å². The first-order chi connectivity index (χ1) is 21.5. The first kappa shape index (κ1) is 33.9. The van der Waals surface area contributed by atoms with Gasteiger partial charge in [-0.3, -0.25) is 19.7 Å². The van der Waals surface area contributed by atoms with Crippen LogP contribution in [0.2, 0.25) is 0 Å². The molecule has 3 N–H and O–H groups in total. The third-order valence-corrected chi connectivity index (χ3v) is 7.96. The van der Waals surface area contributed by atoms with Crippen molar-refractivity contribution in [3.63, 3.8) is 0 Å². The Kier molecular flexibility index (Phi) is 9.41. The van der Waals surface area contributed by atoms with Crippen LogP contribution < -0.4 is 20.7 Å². The summed E-state index contributed by atoms with van der Waals surface area (Å²) in [4.78, 5) is 56.6. The van der Waals surface area contributed by atoms with Crippen molar-refractivity contribution in [3.8, 4) is 23.3 Å². The van der Waals surface area contributed by atoms with E-state index in [1.54, 1.807) is 79.1 Å². The summed E-state index contributed by atoms with van der Waals surface area (Å²) in [5.41, 5.74) is -2.26. The highest BCUT2D eigenvalue weighted by Gasteiger charge is 2.61. The van der Waals surface area contributed by atoms with Gasteiger partial charge in [0.15, 0.2) is 6.19 Å². The Balaban J connectivity index is 1.65. The van der Waals surface area contributed by atoms with Gasteiger partial charge in [-0.05, 0) is 62.1 Å². The van der Waals surface area contributed by atoms with Crippen molar-refractivity contribution < 1.29 is 28.7 Å². The molecule has 1 aromatic heterocycles. The maximum absolute atomic E-state index is 14.3. The van der Waals surface area contributed by atoms with Crippen molar-refractivity contribution in [1.29, 1.82) is 5.26 Å². The summed E-state index contributed by atoms with van der Waals surface area (Å²) >= 11 is 0. The van der Waals surface area contributed by atoms with Crippen molar-refractivity contribution in [2.45, 2.75) is 83.6 Å². The van der Waals surface area contributed by atoms with E-state index in [2.05, 4.69) is 37.9 Å². The molecule has 5 atom stereocenters. The molecule has 2 aromatic rings. The van der Waals surface area contributed by atoms with E-state index in [9.17, 15) is 19.2 Å². The number of likely N-dealkylation sites (tertiary alicyclic amines) is 1. The Hall–Kier alpha value is -5.00. The lowest BCUT2D eigenvalue weighted by atomic mass is 9.85. The van der Waals surface area contributed by atoms with Gasteiger partial charge in [-0.25, -0.2) is 4.79 Å². The zero-order chi connectivity index (χ0) is 34.0. The SMILES string of the molecule is C=CC1C[C@]1(NC(=O)[C@@H]1C[C@@H](n2nnc(-c3ccc(OC)cc3)n2)CN1C(=O)[C@H](NC(=O)OC(C)(C)C)C(C)(C)C)C(=O)NC#N. The van der Waals surface area contributed by atoms with E-state index >= 15 is 0 Å². The van der Waals surface area contributed by atoms with Gasteiger partial charge >= 0.3 is 6.09 Å². The fourth-order valence-corrected chi connectivity index (χ4v) is 5.45. The second-order valence-corrected chi connectivity index (χ2v) is 13.6. The number of methoxy groups -OCH3 is 1. The van der Waals surface area contributed by atoms with Crippen molar-refractivity contribution in [3.05, 3.63) is 36.9 Å². The zero-order valence-corrected chi connectivity index (χ0v) is 27.2. The fourth-order valence-electron chi connectivity index (χ4n) is 5.45. The van der Waals surface area contributed by atoms with E-state index in [0.29, 0.717) is 17.1 Å². The second-order valence-electron chi connectivity index (χ2n) is 13.6. The van der Waals surface area contributed by atoms with E-state index in [0.717, 1.165) is 0 Å². The van der Waals surface area contributed by atoms with Gasteiger partial charge in [-0.15, -0.1) is 16.8 Å². The number of rotatable bonds is 9.